The molecule has 1 amide bonds. The highest BCUT2D eigenvalue weighted by molar-refractivity contribution is 5.94. The van der Waals surface area contributed by atoms with Crippen molar-refractivity contribution in [1.29, 1.82) is 0 Å². The van der Waals surface area contributed by atoms with Crippen molar-refractivity contribution in [2.24, 2.45) is 0 Å². The molecule has 4 heteroatoms. The normalized spacial score (nSPS) is 10.4. The SMILES string of the molecule is CCCNc1cc(C(=O)N(C)CCC)cc(CCC)n1. The van der Waals surface area contributed by atoms with E-state index in [2.05, 4.69) is 31.1 Å². The molecule has 0 fully saturated rings. The van der Waals surface area contributed by atoms with E-state index >= 15 is 0 Å². The van der Waals surface area contributed by atoms with Crippen LogP contribution in [0.5, 0.6) is 0 Å². The van der Waals surface area contributed by atoms with E-state index in [-0.39, 0.29) is 5.91 Å². The number of carbonyl (C=O) groups excluding carboxylic acids is 1. The smallest absolute Gasteiger partial charge is 0.253 e. The summed E-state index contributed by atoms with van der Waals surface area (Å²) in [5.41, 5.74) is 1.72. The maximum absolute atomic E-state index is 12.4. The minimum Gasteiger partial charge on any atom is -0.370 e. The van der Waals surface area contributed by atoms with Crippen molar-refractivity contribution in [3.05, 3.63) is 23.4 Å². The van der Waals surface area contributed by atoms with Crippen LogP contribution < -0.4 is 5.32 Å². The van der Waals surface area contributed by atoms with Gasteiger partial charge in [0.05, 0.1) is 0 Å². The molecular weight excluding hydrogens is 250 g/mol. The highest BCUT2D eigenvalue weighted by Gasteiger charge is 2.13. The maximum atomic E-state index is 12.4. The van der Waals surface area contributed by atoms with E-state index in [1.165, 1.54) is 0 Å². The Hall–Kier alpha value is -1.58. The van der Waals surface area contributed by atoms with Gasteiger partial charge < -0.3 is 10.2 Å². The fourth-order valence-corrected chi connectivity index (χ4v) is 2.10. The fourth-order valence-electron chi connectivity index (χ4n) is 2.10. The number of amides is 1. The van der Waals surface area contributed by atoms with E-state index in [1.807, 2.05) is 19.2 Å². The van der Waals surface area contributed by atoms with Gasteiger partial charge in [-0.05, 0) is 31.4 Å². The molecule has 1 aromatic heterocycles. The van der Waals surface area contributed by atoms with Gasteiger partial charge in [0.2, 0.25) is 0 Å². The van der Waals surface area contributed by atoms with Crippen LogP contribution in [-0.2, 0) is 6.42 Å². The molecule has 1 heterocycles. The number of aryl methyl sites for hydroxylation is 1. The van der Waals surface area contributed by atoms with Gasteiger partial charge in [0, 0.05) is 31.4 Å². The second-order valence-corrected chi connectivity index (χ2v) is 5.14. The molecule has 20 heavy (non-hydrogen) atoms. The topological polar surface area (TPSA) is 45.2 Å². The first-order valence-corrected chi connectivity index (χ1v) is 7.62. The second kappa shape index (κ2) is 8.56. The number of hydrogen-bond acceptors (Lipinski definition) is 3. The summed E-state index contributed by atoms with van der Waals surface area (Å²) in [7, 11) is 1.85. The van der Waals surface area contributed by atoms with Crippen molar-refractivity contribution in [2.45, 2.75) is 46.5 Å². The predicted octanol–water partition coefficient (Wildman–Crippen LogP) is 3.34. The largest absolute Gasteiger partial charge is 0.370 e. The van der Waals surface area contributed by atoms with Crippen LogP contribution in [0.4, 0.5) is 5.82 Å². The van der Waals surface area contributed by atoms with Gasteiger partial charge in [0.1, 0.15) is 5.82 Å². The Balaban J connectivity index is 2.97. The van der Waals surface area contributed by atoms with Crippen molar-refractivity contribution < 1.29 is 4.79 Å². The monoisotopic (exact) mass is 277 g/mol. The number of hydrogen-bond donors (Lipinski definition) is 1. The lowest BCUT2D eigenvalue weighted by Gasteiger charge is -2.17. The Bertz CT molecular complexity index is 432. The molecule has 0 spiro atoms. The van der Waals surface area contributed by atoms with E-state index in [4.69, 9.17) is 0 Å². The Labute approximate surface area is 122 Å². The van der Waals surface area contributed by atoms with Crippen molar-refractivity contribution >= 4 is 11.7 Å². The van der Waals surface area contributed by atoms with Gasteiger partial charge in [-0.25, -0.2) is 4.98 Å². The molecule has 1 rings (SSSR count). The Morgan fingerprint density at radius 1 is 1.20 bits per heavy atom. The molecule has 0 unspecified atom stereocenters. The first-order valence-electron chi connectivity index (χ1n) is 7.62. The lowest BCUT2D eigenvalue weighted by atomic mass is 10.1. The second-order valence-electron chi connectivity index (χ2n) is 5.14. The summed E-state index contributed by atoms with van der Waals surface area (Å²) in [5.74, 6) is 0.886. The third-order valence-electron chi connectivity index (χ3n) is 3.09. The molecular formula is C16H27N3O. The van der Waals surface area contributed by atoms with E-state index in [9.17, 15) is 4.79 Å². The summed E-state index contributed by atoms with van der Waals surface area (Å²) in [6.45, 7) is 7.97. The number of nitrogens with zero attached hydrogens (tertiary/aromatic N) is 2. The molecule has 0 aromatic carbocycles. The van der Waals surface area contributed by atoms with Gasteiger partial charge in [-0.2, -0.15) is 0 Å². The molecule has 0 atom stereocenters. The van der Waals surface area contributed by atoms with E-state index in [0.29, 0.717) is 0 Å². The summed E-state index contributed by atoms with van der Waals surface area (Å²) < 4.78 is 0. The Morgan fingerprint density at radius 3 is 2.55 bits per heavy atom. The van der Waals surface area contributed by atoms with Gasteiger partial charge >= 0.3 is 0 Å². The van der Waals surface area contributed by atoms with E-state index in [0.717, 1.165) is 55.8 Å². The van der Waals surface area contributed by atoms with E-state index < -0.39 is 0 Å². The zero-order valence-electron chi connectivity index (χ0n) is 13.2. The van der Waals surface area contributed by atoms with Gasteiger partial charge in [0.25, 0.3) is 5.91 Å². The number of anilines is 1. The van der Waals surface area contributed by atoms with Crippen molar-refractivity contribution in [1.82, 2.24) is 9.88 Å². The van der Waals surface area contributed by atoms with Gasteiger partial charge in [-0.1, -0.05) is 27.2 Å². The van der Waals surface area contributed by atoms with Crippen LogP contribution in [0, 0.1) is 0 Å². The average molecular weight is 277 g/mol. The lowest BCUT2D eigenvalue weighted by molar-refractivity contribution is 0.0795. The molecule has 0 aliphatic rings. The number of rotatable bonds is 8. The minimum absolute atomic E-state index is 0.0751. The molecule has 0 saturated heterocycles. The third kappa shape index (κ3) is 4.83. The molecule has 4 nitrogen and oxygen atoms in total. The highest BCUT2D eigenvalue weighted by atomic mass is 16.2. The van der Waals surface area contributed by atoms with Crippen LogP contribution in [0.25, 0.3) is 0 Å². The van der Waals surface area contributed by atoms with Crippen molar-refractivity contribution in [3.63, 3.8) is 0 Å². The van der Waals surface area contributed by atoms with Gasteiger partial charge in [-0.15, -0.1) is 0 Å². The molecule has 0 radical (unpaired) electrons. The van der Waals surface area contributed by atoms with Crippen LogP contribution in [0.15, 0.2) is 12.1 Å². The first-order chi connectivity index (χ1) is 9.62. The average Bonchev–Trinajstić information content (AvgIpc) is 2.44. The van der Waals surface area contributed by atoms with Crippen LogP contribution in [-0.4, -0.2) is 35.9 Å². The molecule has 0 bridgehead atoms. The summed E-state index contributed by atoms with van der Waals surface area (Å²) in [6.07, 6.45) is 3.94. The fraction of sp³-hybridized carbons (Fsp3) is 0.625. The third-order valence-corrected chi connectivity index (χ3v) is 3.09. The van der Waals surface area contributed by atoms with Gasteiger partial charge in [0.15, 0.2) is 0 Å². The standard InChI is InChI=1S/C16H27N3O/c1-5-8-14-11-13(16(20)19(4)10-7-3)12-15(18-14)17-9-6-2/h11-12H,5-10H2,1-4H3,(H,17,18). The maximum Gasteiger partial charge on any atom is 0.253 e. The van der Waals surface area contributed by atoms with Crippen molar-refractivity contribution in [2.75, 3.05) is 25.5 Å². The minimum atomic E-state index is 0.0751. The zero-order chi connectivity index (χ0) is 15.0. The van der Waals surface area contributed by atoms with Crippen molar-refractivity contribution in [3.8, 4) is 0 Å². The van der Waals surface area contributed by atoms with Crippen LogP contribution in [0.3, 0.4) is 0 Å². The Kier molecular flexibility index (Phi) is 7.05. The Morgan fingerprint density at radius 2 is 1.95 bits per heavy atom. The molecule has 1 N–H and O–H groups in total. The van der Waals surface area contributed by atoms with Crippen LogP contribution in [0.1, 0.15) is 56.1 Å². The highest BCUT2D eigenvalue weighted by Crippen LogP contribution is 2.14. The molecule has 0 aliphatic heterocycles. The lowest BCUT2D eigenvalue weighted by Crippen LogP contribution is -2.27. The summed E-state index contributed by atoms with van der Waals surface area (Å²) in [6, 6.07) is 3.79. The van der Waals surface area contributed by atoms with E-state index in [1.54, 1.807) is 4.90 Å². The number of nitrogens with one attached hydrogen (secondary N) is 1. The van der Waals surface area contributed by atoms with Crippen LogP contribution in [0.2, 0.25) is 0 Å². The molecule has 0 aliphatic carbocycles. The molecule has 0 saturated carbocycles. The summed E-state index contributed by atoms with van der Waals surface area (Å²) >= 11 is 0. The molecule has 112 valence electrons. The van der Waals surface area contributed by atoms with Crippen LogP contribution >= 0.6 is 0 Å². The summed E-state index contributed by atoms with van der Waals surface area (Å²) in [5, 5.41) is 3.28. The first kappa shape index (κ1) is 16.5. The summed E-state index contributed by atoms with van der Waals surface area (Å²) in [4.78, 5) is 18.7. The number of carbonyl (C=O) groups is 1. The molecule has 1 aromatic rings. The predicted molar refractivity (Wildman–Crippen MR) is 84.3 cm³/mol. The van der Waals surface area contributed by atoms with Gasteiger partial charge in [-0.3, -0.25) is 4.79 Å². The number of aromatic nitrogens is 1. The number of pyridine rings is 1. The quantitative estimate of drug-likeness (QED) is 0.792. The zero-order valence-corrected chi connectivity index (χ0v) is 13.2.